The Labute approximate surface area is 106 Å². The van der Waals surface area contributed by atoms with Crippen LogP contribution in [0.25, 0.3) is 0 Å². The molecule has 0 unspecified atom stereocenters. The van der Waals surface area contributed by atoms with Crippen LogP contribution in [-0.4, -0.2) is 12.0 Å². The smallest absolute Gasteiger partial charge is 0.125 e. The molecule has 2 nitrogen and oxygen atoms in total. The molecule has 1 aromatic heterocycles. The third kappa shape index (κ3) is 3.24. The van der Waals surface area contributed by atoms with E-state index in [-0.39, 0.29) is 0 Å². The molecule has 0 radical (unpaired) electrons. The fourth-order valence-corrected chi connectivity index (χ4v) is 2.55. The van der Waals surface area contributed by atoms with E-state index in [2.05, 4.69) is 53.6 Å². The molecule has 0 saturated carbocycles. The molecule has 0 aliphatic rings. The van der Waals surface area contributed by atoms with Gasteiger partial charge < -0.3 is 5.32 Å². The SMILES string of the molecule is CNc1cc(CSc2ccccc2C)ccn1. The highest BCUT2D eigenvalue weighted by molar-refractivity contribution is 7.98. The topological polar surface area (TPSA) is 24.9 Å². The van der Waals surface area contributed by atoms with Gasteiger partial charge in [0.25, 0.3) is 0 Å². The molecular weight excluding hydrogens is 228 g/mol. The molecule has 0 spiro atoms. The van der Waals surface area contributed by atoms with Crippen LogP contribution < -0.4 is 5.32 Å². The Morgan fingerprint density at radius 3 is 2.82 bits per heavy atom. The Morgan fingerprint density at radius 1 is 1.24 bits per heavy atom. The molecule has 0 aliphatic heterocycles. The summed E-state index contributed by atoms with van der Waals surface area (Å²) < 4.78 is 0. The standard InChI is InChI=1S/C14H16N2S/c1-11-5-3-4-6-13(11)17-10-12-7-8-16-14(9-12)15-2/h3-9H,10H2,1-2H3,(H,15,16). The van der Waals surface area contributed by atoms with Gasteiger partial charge >= 0.3 is 0 Å². The molecule has 17 heavy (non-hydrogen) atoms. The molecule has 0 amide bonds. The highest BCUT2D eigenvalue weighted by Gasteiger charge is 2.00. The highest BCUT2D eigenvalue weighted by Crippen LogP contribution is 2.25. The second-order valence-electron chi connectivity index (χ2n) is 3.85. The molecule has 2 rings (SSSR count). The zero-order chi connectivity index (χ0) is 12.1. The van der Waals surface area contributed by atoms with Gasteiger partial charge in [0, 0.05) is 23.9 Å². The summed E-state index contributed by atoms with van der Waals surface area (Å²) in [5.41, 5.74) is 2.62. The number of nitrogens with one attached hydrogen (secondary N) is 1. The van der Waals surface area contributed by atoms with Gasteiger partial charge in [-0.15, -0.1) is 11.8 Å². The summed E-state index contributed by atoms with van der Waals surface area (Å²) in [5.74, 6) is 1.90. The lowest BCUT2D eigenvalue weighted by molar-refractivity contribution is 1.24. The average Bonchev–Trinajstić information content (AvgIpc) is 2.38. The average molecular weight is 244 g/mol. The van der Waals surface area contributed by atoms with Crippen LogP contribution in [0.1, 0.15) is 11.1 Å². The van der Waals surface area contributed by atoms with Gasteiger partial charge in [0.15, 0.2) is 0 Å². The van der Waals surface area contributed by atoms with Gasteiger partial charge in [-0.3, -0.25) is 0 Å². The van der Waals surface area contributed by atoms with Crippen LogP contribution in [0.4, 0.5) is 5.82 Å². The predicted octanol–water partition coefficient (Wildman–Crippen LogP) is 3.72. The number of anilines is 1. The van der Waals surface area contributed by atoms with E-state index in [1.54, 1.807) is 0 Å². The summed E-state index contributed by atoms with van der Waals surface area (Å²) in [7, 11) is 1.89. The van der Waals surface area contributed by atoms with E-state index in [0.717, 1.165) is 11.6 Å². The number of nitrogens with zero attached hydrogens (tertiary/aromatic N) is 1. The first-order valence-electron chi connectivity index (χ1n) is 5.60. The maximum atomic E-state index is 4.21. The monoisotopic (exact) mass is 244 g/mol. The number of hydrogen-bond donors (Lipinski definition) is 1. The molecule has 1 aromatic carbocycles. The van der Waals surface area contributed by atoms with Gasteiger partial charge in [-0.2, -0.15) is 0 Å². The van der Waals surface area contributed by atoms with Crippen molar-refractivity contribution in [1.29, 1.82) is 0 Å². The summed E-state index contributed by atoms with van der Waals surface area (Å²) in [5, 5.41) is 3.06. The van der Waals surface area contributed by atoms with Crippen LogP contribution in [-0.2, 0) is 5.75 Å². The van der Waals surface area contributed by atoms with Crippen molar-refractivity contribution in [2.24, 2.45) is 0 Å². The normalized spacial score (nSPS) is 10.2. The van der Waals surface area contributed by atoms with E-state index in [0.29, 0.717) is 0 Å². The van der Waals surface area contributed by atoms with Crippen LogP contribution in [0.5, 0.6) is 0 Å². The molecule has 0 atom stereocenters. The Balaban J connectivity index is 2.05. The maximum Gasteiger partial charge on any atom is 0.125 e. The Hall–Kier alpha value is -1.48. The Bertz CT molecular complexity index is 497. The lowest BCUT2D eigenvalue weighted by atomic mass is 10.2. The first-order chi connectivity index (χ1) is 8.29. The number of benzene rings is 1. The van der Waals surface area contributed by atoms with E-state index >= 15 is 0 Å². The number of aryl methyl sites for hydroxylation is 1. The van der Waals surface area contributed by atoms with E-state index in [9.17, 15) is 0 Å². The third-order valence-corrected chi connectivity index (χ3v) is 3.82. The van der Waals surface area contributed by atoms with Crippen LogP contribution in [0.15, 0.2) is 47.5 Å². The van der Waals surface area contributed by atoms with Crippen LogP contribution in [0.2, 0.25) is 0 Å². The van der Waals surface area contributed by atoms with Crippen molar-refractivity contribution in [3.8, 4) is 0 Å². The Kier molecular flexibility index (Phi) is 4.04. The van der Waals surface area contributed by atoms with Gasteiger partial charge in [0.1, 0.15) is 5.82 Å². The molecule has 0 fully saturated rings. The van der Waals surface area contributed by atoms with Crippen molar-refractivity contribution < 1.29 is 0 Å². The third-order valence-electron chi connectivity index (χ3n) is 2.57. The minimum Gasteiger partial charge on any atom is -0.373 e. The van der Waals surface area contributed by atoms with Gasteiger partial charge in [0.2, 0.25) is 0 Å². The lowest BCUT2D eigenvalue weighted by Crippen LogP contribution is -1.92. The largest absolute Gasteiger partial charge is 0.373 e. The first-order valence-corrected chi connectivity index (χ1v) is 6.59. The second kappa shape index (κ2) is 5.73. The lowest BCUT2D eigenvalue weighted by Gasteiger charge is -2.06. The Morgan fingerprint density at radius 2 is 2.06 bits per heavy atom. The van der Waals surface area contributed by atoms with E-state index in [1.165, 1.54) is 16.0 Å². The van der Waals surface area contributed by atoms with Crippen molar-refractivity contribution in [2.45, 2.75) is 17.6 Å². The number of thioether (sulfide) groups is 1. The molecule has 1 N–H and O–H groups in total. The summed E-state index contributed by atoms with van der Waals surface area (Å²) in [4.78, 5) is 5.55. The van der Waals surface area contributed by atoms with Crippen molar-refractivity contribution >= 4 is 17.6 Å². The number of aromatic nitrogens is 1. The predicted molar refractivity (Wildman–Crippen MR) is 74.5 cm³/mol. The van der Waals surface area contributed by atoms with E-state index in [1.807, 2.05) is 25.0 Å². The molecule has 0 aliphatic carbocycles. The van der Waals surface area contributed by atoms with Gasteiger partial charge in [-0.05, 0) is 36.2 Å². The quantitative estimate of drug-likeness (QED) is 0.830. The van der Waals surface area contributed by atoms with Crippen LogP contribution in [0, 0.1) is 6.92 Å². The van der Waals surface area contributed by atoms with Crippen LogP contribution in [0.3, 0.4) is 0 Å². The fraction of sp³-hybridized carbons (Fsp3) is 0.214. The summed E-state index contributed by atoms with van der Waals surface area (Å²) in [6.07, 6.45) is 1.85. The van der Waals surface area contributed by atoms with Crippen molar-refractivity contribution in [3.63, 3.8) is 0 Å². The molecular formula is C14H16N2S. The van der Waals surface area contributed by atoms with E-state index < -0.39 is 0 Å². The van der Waals surface area contributed by atoms with Crippen LogP contribution >= 0.6 is 11.8 Å². The molecule has 0 bridgehead atoms. The molecule has 2 aromatic rings. The summed E-state index contributed by atoms with van der Waals surface area (Å²) in [6.45, 7) is 2.15. The molecule has 88 valence electrons. The van der Waals surface area contributed by atoms with Crippen molar-refractivity contribution in [2.75, 3.05) is 12.4 Å². The second-order valence-corrected chi connectivity index (χ2v) is 4.87. The number of hydrogen-bond acceptors (Lipinski definition) is 3. The van der Waals surface area contributed by atoms with Crippen molar-refractivity contribution in [1.82, 2.24) is 4.98 Å². The number of pyridine rings is 1. The maximum absolute atomic E-state index is 4.21. The minimum atomic E-state index is 0.924. The summed E-state index contributed by atoms with van der Waals surface area (Å²) >= 11 is 1.86. The highest BCUT2D eigenvalue weighted by atomic mass is 32.2. The number of rotatable bonds is 4. The van der Waals surface area contributed by atoms with E-state index in [4.69, 9.17) is 0 Å². The summed E-state index contributed by atoms with van der Waals surface area (Å²) in [6, 6.07) is 12.6. The van der Waals surface area contributed by atoms with Gasteiger partial charge in [-0.1, -0.05) is 18.2 Å². The molecule has 3 heteroatoms. The first kappa shape index (κ1) is 12.0. The molecule has 1 heterocycles. The van der Waals surface area contributed by atoms with Crippen molar-refractivity contribution in [3.05, 3.63) is 53.7 Å². The fourth-order valence-electron chi connectivity index (χ4n) is 1.58. The minimum absolute atomic E-state index is 0.924. The van der Waals surface area contributed by atoms with Gasteiger partial charge in [0.05, 0.1) is 0 Å². The van der Waals surface area contributed by atoms with Gasteiger partial charge in [-0.25, -0.2) is 4.98 Å². The zero-order valence-electron chi connectivity index (χ0n) is 10.1. The molecule has 0 saturated heterocycles. The zero-order valence-corrected chi connectivity index (χ0v) is 10.9.